The standard InChI is InChI=1S/C12H25ClN2/c1-12(2,6-7-13)14-8-5-11-15-9-3-4-10-15/h14H,3-11H2,1-2H3. The summed E-state index contributed by atoms with van der Waals surface area (Å²) in [5.74, 6) is 0.742. The molecule has 1 N–H and O–H groups in total. The van der Waals surface area contributed by atoms with Crippen LogP contribution in [-0.4, -0.2) is 42.5 Å². The summed E-state index contributed by atoms with van der Waals surface area (Å²) in [6.45, 7) is 9.44. The van der Waals surface area contributed by atoms with E-state index < -0.39 is 0 Å². The van der Waals surface area contributed by atoms with Crippen LogP contribution < -0.4 is 5.32 Å². The summed E-state index contributed by atoms with van der Waals surface area (Å²) in [5.41, 5.74) is 0.201. The highest BCUT2D eigenvalue weighted by molar-refractivity contribution is 6.17. The minimum Gasteiger partial charge on any atom is -0.312 e. The first-order valence-corrected chi connectivity index (χ1v) is 6.71. The van der Waals surface area contributed by atoms with Crippen LogP contribution in [0.2, 0.25) is 0 Å². The second-order valence-electron chi connectivity index (χ2n) is 5.15. The molecule has 1 rings (SSSR count). The molecule has 0 bridgehead atoms. The zero-order valence-electron chi connectivity index (χ0n) is 10.2. The van der Waals surface area contributed by atoms with Crippen molar-refractivity contribution >= 4 is 11.6 Å². The van der Waals surface area contributed by atoms with Gasteiger partial charge in [0.2, 0.25) is 0 Å². The molecule has 0 atom stereocenters. The molecule has 90 valence electrons. The molecule has 3 heteroatoms. The lowest BCUT2D eigenvalue weighted by molar-refractivity contribution is 0.312. The van der Waals surface area contributed by atoms with Crippen LogP contribution in [0.25, 0.3) is 0 Å². The molecule has 0 aromatic heterocycles. The minimum atomic E-state index is 0.201. The molecule has 1 heterocycles. The summed E-state index contributed by atoms with van der Waals surface area (Å²) in [4.78, 5) is 2.57. The summed E-state index contributed by atoms with van der Waals surface area (Å²) in [6.07, 6.45) is 5.08. The van der Waals surface area contributed by atoms with Crippen LogP contribution in [0.15, 0.2) is 0 Å². The third kappa shape index (κ3) is 5.74. The van der Waals surface area contributed by atoms with Crippen molar-refractivity contribution in [3.63, 3.8) is 0 Å². The first-order valence-electron chi connectivity index (χ1n) is 6.17. The highest BCUT2D eigenvalue weighted by atomic mass is 35.5. The molecule has 1 aliphatic heterocycles. The van der Waals surface area contributed by atoms with Crippen molar-refractivity contribution in [2.75, 3.05) is 32.1 Å². The van der Waals surface area contributed by atoms with Crippen LogP contribution in [-0.2, 0) is 0 Å². The van der Waals surface area contributed by atoms with E-state index in [1.807, 2.05) is 0 Å². The van der Waals surface area contributed by atoms with Crippen molar-refractivity contribution in [1.82, 2.24) is 10.2 Å². The topological polar surface area (TPSA) is 15.3 Å². The number of rotatable bonds is 7. The molecule has 0 spiro atoms. The average molecular weight is 233 g/mol. The number of hydrogen-bond acceptors (Lipinski definition) is 2. The van der Waals surface area contributed by atoms with Crippen LogP contribution in [0, 0.1) is 0 Å². The summed E-state index contributed by atoms with van der Waals surface area (Å²) in [6, 6.07) is 0. The highest BCUT2D eigenvalue weighted by Crippen LogP contribution is 2.10. The molecule has 0 aromatic carbocycles. The van der Waals surface area contributed by atoms with E-state index in [1.165, 1.54) is 38.9 Å². The molecular formula is C12H25ClN2. The number of alkyl halides is 1. The molecule has 0 aromatic rings. The fraction of sp³-hybridized carbons (Fsp3) is 1.00. The van der Waals surface area contributed by atoms with Gasteiger partial charge >= 0.3 is 0 Å². The monoisotopic (exact) mass is 232 g/mol. The summed E-state index contributed by atoms with van der Waals surface area (Å²) in [5, 5.41) is 3.57. The predicted octanol–water partition coefficient (Wildman–Crippen LogP) is 2.47. The first kappa shape index (κ1) is 13.3. The number of nitrogens with one attached hydrogen (secondary N) is 1. The Morgan fingerprint density at radius 3 is 2.53 bits per heavy atom. The van der Waals surface area contributed by atoms with Gasteiger partial charge in [-0.3, -0.25) is 0 Å². The number of halogens is 1. The zero-order chi connectivity index (χ0) is 11.1. The maximum Gasteiger partial charge on any atom is 0.0240 e. The van der Waals surface area contributed by atoms with Gasteiger partial charge in [-0.2, -0.15) is 0 Å². The van der Waals surface area contributed by atoms with E-state index in [4.69, 9.17) is 11.6 Å². The summed E-state index contributed by atoms with van der Waals surface area (Å²) >= 11 is 5.75. The third-order valence-electron chi connectivity index (χ3n) is 3.17. The molecule has 0 unspecified atom stereocenters. The lowest BCUT2D eigenvalue weighted by atomic mass is 10.0. The smallest absolute Gasteiger partial charge is 0.0240 e. The van der Waals surface area contributed by atoms with Crippen LogP contribution in [0.1, 0.15) is 39.5 Å². The van der Waals surface area contributed by atoms with Crippen molar-refractivity contribution < 1.29 is 0 Å². The van der Waals surface area contributed by atoms with Crippen LogP contribution in [0.3, 0.4) is 0 Å². The lowest BCUT2D eigenvalue weighted by Gasteiger charge is -2.26. The summed E-state index contributed by atoms with van der Waals surface area (Å²) in [7, 11) is 0. The minimum absolute atomic E-state index is 0.201. The fourth-order valence-corrected chi connectivity index (χ4v) is 2.53. The van der Waals surface area contributed by atoms with Crippen molar-refractivity contribution in [3.05, 3.63) is 0 Å². The van der Waals surface area contributed by atoms with E-state index >= 15 is 0 Å². The average Bonchev–Trinajstić information content (AvgIpc) is 2.65. The Morgan fingerprint density at radius 1 is 1.27 bits per heavy atom. The Hall–Kier alpha value is 0.210. The molecule has 1 aliphatic rings. The van der Waals surface area contributed by atoms with E-state index in [2.05, 4.69) is 24.1 Å². The van der Waals surface area contributed by atoms with Gasteiger partial charge in [-0.15, -0.1) is 11.6 Å². The van der Waals surface area contributed by atoms with Crippen LogP contribution in [0.4, 0.5) is 0 Å². The Balaban J connectivity index is 2.00. The molecule has 2 nitrogen and oxygen atoms in total. The Kier molecular flexibility index (Phi) is 5.95. The molecular weight excluding hydrogens is 208 g/mol. The molecule has 1 saturated heterocycles. The SMILES string of the molecule is CC(C)(CCCl)NCCCN1CCCC1. The van der Waals surface area contributed by atoms with Gasteiger partial charge in [0.25, 0.3) is 0 Å². The molecule has 0 radical (unpaired) electrons. The van der Waals surface area contributed by atoms with Gasteiger partial charge in [0.05, 0.1) is 0 Å². The van der Waals surface area contributed by atoms with Crippen molar-refractivity contribution in [1.29, 1.82) is 0 Å². The van der Waals surface area contributed by atoms with E-state index in [9.17, 15) is 0 Å². The van der Waals surface area contributed by atoms with Crippen molar-refractivity contribution in [3.8, 4) is 0 Å². The van der Waals surface area contributed by atoms with Crippen molar-refractivity contribution in [2.45, 2.75) is 45.1 Å². The maximum atomic E-state index is 5.75. The van der Waals surface area contributed by atoms with Gasteiger partial charge in [-0.1, -0.05) is 0 Å². The highest BCUT2D eigenvalue weighted by Gasteiger charge is 2.16. The van der Waals surface area contributed by atoms with Gasteiger partial charge in [-0.25, -0.2) is 0 Å². The second kappa shape index (κ2) is 6.72. The molecule has 0 aliphatic carbocycles. The largest absolute Gasteiger partial charge is 0.312 e. The third-order valence-corrected chi connectivity index (χ3v) is 3.36. The second-order valence-corrected chi connectivity index (χ2v) is 5.53. The van der Waals surface area contributed by atoms with Gasteiger partial charge in [-0.05, 0) is 65.7 Å². The van der Waals surface area contributed by atoms with Crippen LogP contribution >= 0.6 is 11.6 Å². The Morgan fingerprint density at radius 2 is 1.93 bits per heavy atom. The lowest BCUT2D eigenvalue weighted by Crippen LogP contribution is -2.41. The first-order chi connectivity index (χ1) is 7.14. The normalized spacial score (nSPS) is 18.6. The van der Waals surface area contributed by atoms with Gasteiger partial charge in [0.1, 0.15) is 0 Å². The Bertz CT molecular complexity index is 165. The maximum absolute atomic E-state index is 5.75. The van der Waals surface area contributed by atoms with E-state index in [0.717, 1.165) is 18.8 Å². The number of nitrogens with zero attached hydrogens (tertiary/aromatic N) is 1. The number of hydrogen-bond donors (Lipinski definition) is 1. The molecule has 1 fully saturated rings. The summed E-state index contributed by atoms with van der Waals surface area (Å²) < 4.78 is 0. The number of likely N-dealkylation sites (tertiary alicyclic amines) is 1. The van der Waals surface area contributed by atoms with E-state index in [1.54, 1.807) is 0 Å². The predicted molar refractivity (Wildman–Crippen MR) is 67.7 cm³/mol. The van der Waals surface area contributed by atoms with Crippen molar-refractivity contribution in [2.24, 2.45) is 0 Å². The Labute approximate surface area is 99.4 Å². The quantitative estimate of drug-likeness (QED) is 0.536. The van der Waals surface area contributed by atoms with E-state index in [-0.39, 0.29) is 5.54 Å². The van der Waals surface area contributed by atoms with Crippen LogP contribution in [0.5, 0.6) is 0 Å². The van der Waals surface area contributed by atoms with Gasteiger partial charge < -0.3 is 10.2 Å². The van der Waals surface area contributed by atoms with Gasteiger partial charge in [0.15, 0.2) is 0 Å². The van der Waals surface area contributed by atoms with E-state index in [0.29, 0.717) is 0 Å². The molecule has 0 amide bonds. The zero-order valence-corrected chi connectivity index (χ0v) is 10.9. The molecule has 0 saturated carbocycles. The fourth-order valence-electron chi connectivity index (χ4n) is 2.06. The molecule has 15 heavy (non-hydrogen) atoms. The van der Waals surface area contributed by atoms with Gasteiger partial charge in [0, 0.05) is 11.4 Å².